The van der Waals surface area contributed by atoms with Crippen molar-refractivity contribution in [2.45, 2.75) is 20.3 Å². The minimum absolute atomic E-state index is 0.189. The summed E-state index contributed by atoms with van der Waals surface area (Å²) >= 11 is 0. The second kappa shape index (κ2) is 4.91. The lowest BCUT2D eigenvalue weighted by atomic mass is 10.0. The number of aryl methyl sites for hydroxylation is 2. The molecule has 94 valence electrons. The predicted octanol–water partition coefficient (Wildman–Crippen LogP) is 2.12. The molecule has 0 bridgehead atoms. The van der Waals surface area contributed by atoms with E-state index in [0.29, 0.717) is 17.1 Å². The van der Waals surface area contributed by atoms with Gasteiger partial charge >= 0.3 is 0 Å². The Kier molecular flexibility index (Phi) is 3.32. The molecule has 2 rings (SSSR count). The molecule has 0 saturated heterocycles. The second-order valence-corrected chi connectivity index (χ2v) is 4.08. The maximum Gasteiger partial charge on any atom is 0.257 e. The topological polar surface area (TPSA) is 83.8 Å². The van der Waals surface area contributed by atoms with E-state index >= 15 is 0 Å². The summed E-state index contributed by atoms with van der Waals surface area (Å²) < 4.78 is 0. The average Bonchev–Trinajstić information content (AvgIpc) is 2.70. The van der Waals surface area contributed by atoms with Crippen LogP contribution in [0.5, 0.6) is 0 Å². The van der Waals surface area contributed by atoms with E-state index in [1.165, 1.54) is 0 Å². The first kappa shape index (κ1) is 12.2. The summed E-state index contributed by atoms with van der Waals surface area (Å²) in [5.41, 5.74) is 8.66. The van der Waals surface area contributed by atoms with Gasteiger partial charge in [0.25, 0.3) is 5.91 Å². The van der Waals surface area contributed by atoms with Crippen LogP contribution in [0, 0.1) is 6.92 Å². The molecule has 0 aliphatic carbocycles. The molecule has 0 saturated carbocycles. The quantitative estimate of drug-likeness (QED) is 0.773. The van der Waals surface area contributed by atoms with E-state index in [1.807, 2.05) is 25.1 Å². The number of anilines is 2. The number of amides is 1. The van der Waals surface area contributed by atoms with Crippen LogP contribution in [0.1, 0.15) is 28.5 Å². The number of rotatable bonds is 3. The highest BCUT2D eigenvalue weighted by Gasteiger charge is 2.13. The van der Waals surface area contributed by atoms with Gasteiger partial charge < -0.3 is 11.1 Å². The van der Waals surface area contributed by atoms with E-state index in [2.05, 4.69) is 15.5 Å². The van der Waals surface area contributed by atoms with Crippen molar-refractivity contribution >= 4 is 17.4 Å². The molecule has 0 aliphatic rings. The molecule has 18 heavy (non-hydrogen) atoms. The van der Waals surface area contributed by atoms with Gasteiger partial charge in [0, 0.05) is 5.56 Å². The Balaban J connectivity index is 2.25. The summed E-state index contributed by atoms with van der Waals surface area (Å²) in [6.07, 6.45) is 0.804. The van der Waals surface area contributed by atoms with Gasteiger partial charge in [0.1, 0.15) is 0 Å². The number of nitrogen functional groups attached to an aromatic ring is 1. The number of H-pyrrole nitrogens is 1. The fourth-order valence-electron chi connectivity index (χ4n) is 1.76. The zero-order valence-electron chi connectivity index (χ0n) is 10.4. The smallest absolute Gasteiger partial charge is 0.257 e. The zero-order valence-corrected chi connectivity index (χ0v) is 10.4. The number of hydrogen-bond donors (Lipinski definition) is 3. The molecule has 1 aromatic carbocycles. The van der Waals surface area contributed by atoms with Crippen molar-refractivity contribution < 1.29 is 4.79 Å². The molecule has 1 heterocycles. The predicted molar refractivity (Wildman–Crippen MR) is 71.5 cm³/mol. The molecule has 0 aliphatic heterocycles. The SMILES string of the molecule is CCc1ccccc1C(=O)Nc1n[nH]c(C)c1N. The van der Waals surface area contributed by atoms with E-state index in [9.17, 15) is 4.79 Å². The Morgan fingerprint density at radius 1 is 1.44 bits per heavy atom. The number of carbonyl (C=O) groups excluding carboxylic acids is 1. The van der Waals surface area contributed by atoms with Crippen molar-refractivity contribution in [1.82, 2.24) is 10.2 Å². The third-order valence-corrected chi connectivity index (χ3v) is 2.87. The van der Waals surface area contributed by atoms with E-state index in [-0.39, 0.29) is 5.91 Å². The van der Waals surface area contributed by atoms with Gasteiger partial charge in [-0.25, -0.2) is 0 Å². The average molecular weight is 244 g/mol. The van der Waals surface area contributed by atoms with Crippen LogP contribution in [0.15, 0.2) is 24.3 Å². The molecule has 5 heteroatoms. The minimum Gasteiger partial charge on any atom is -0.394 e. The molecule has 4 N–H and O–H groups in total. The molecule has 2 aromatic rings. The van der Waals surface area contributed by atoms with Crippen LogP contribution in [0.3, 0.4) is 0 Å². The Hall–Kier alpha value is -2.30. The summed E-state index contributed by atoms with van der Waals surface area (Å²) in [6, 6.07) is 7.49. The molecule has 0 fully saturated rings. The van der Waals surface area contributed by atoms with E-state index in [1.54, 1.807) is 13.0 Å². The van der Waals surface area contributed by atoms with Crippen molar-refractivity contribution in [3.8, 4) is 0 Å². The summed E-state index contributed by atoms with van der Waals surface area (Å²) in [5, 5.41) is 9.40. The summed E-state index contributed by atoms with van der Waals surface area (Å²) in [6.45, 7) is 3.82. The summed E-state index contributed by atoms with van der Waals surface area (Å²) in [5.74, 6) is 0.189. The van der Waals surface area contributed by atoms with Crippen molar-refractivity contribution in [2.24, 2.45) is 0 Å². The number of nitrogens with zero attached hydrogens (tertiary/aromatic N) is 1. The van der Waals surface area contributed by atoms with Gasteiger partial charge in [-0.3, -0.25) is 9.89 Å². The third kappa shape index (κ3) is 2.20. The standard InChI is InChI=1S/C13H16N4O/c1-3-9-6-4-5-7-10(9)13(18)15-12-11(14)8(2)16-17-12/h4-7H,3,14H2,1-2H3,(H2,15,16,17,18). The van der Waals surface area contributed by atoms with Crippen LogP contribution in [-0.2, 0) is 6.42 Å². The highest BCUT2D eigenvalue weighted by Crippen LogP contribution is 2.19. The van der Waals surface area contributed by atoms with Crippen LogP contribution in [0.2, 0.25) is 0 Å². The number of nitrogens with two attached hydrogens (primary N) is 1. The van der Waals surface area contributed by atoms with Gasteiger partial charge in [-0.05, 0) is 25.0 Å². The molecule has 1 amide bonds. The number of benzene rings is 1. The van der Waals surface area contributed by atoms with E-state index in [4.69, 9.17) is 5.73 Å². The van der Waals surface area contributed by atoms with E-state index < -0.39 is 0 Å². The van der Waals surface area contributed by atoms with Crippen LogP contribution < -0.4 is 11.1 Å². The van der Waals surface area contributed by atoms with Gasteiger partial charge in [0.2, 0.25) is 0 Å². The number of hydrogen-bond acceptors (Lipinski definition) is 3. The molecule has 5 nitrogen and oxygen atoms in total. The number of carbonyl (C=O) groups is 1. The number of nitrogens with one attached hydrogen (secondary N) is 2. The number of aromatic amines is 1. The molecule has 1 aromatic heterocycles. The Morgan fingerprint density at radius 2 is 2.17 bits per heavy atom. The minimum atomic E-state index is -0.189. The lowest BCUT2D eigenvalue weighted by Crippen LogP contribution is -2.15. The first-order valence-electron chi connectivity index (χ1n) is 5.83. The van der Waals surface area contributed by atoms with Crippen molar-refractivity contribution in [2.75, 3.05) is 11.1 Å². The fourth-order valence-corrected chi connectivity index (χ4v) is 1.76. The highest BCUT2D eigenvalue weighted by atomic mass is 16.1. The van der Waals surface area contributed by atoms with Crippen LogP contribution in [-0.4, -0.2) is 16.1 Å². The van der Waals surface area contributed by atoms with Crippen molar-refractivity contribution in [3.05, 3.63) is 41.1 Å². The van der Waals surface area contributed by atoms with Crippen molar-refractivity contribution in [3.63, 3.8) is 0 Å². The lowest BCUT2D eigenvalue weighted by molar-refractivity contribution is 0.102. The van der Waals surface area contributed by atoms with E-state index in [0.717, 1.165) is 17.7 Å². The maximum absolute atomic E-state index is 12.1. The lowest BCUT2D eigenvalue weighted by Gasteiger charge is -2.07. The van der Waals surface area contributed by atoms with Crippen molar-refractivity contribution in [1.29, 1.82) is 0 Å². The molecule has 0 atom stereocenters. The first-order chi connectivity index (χ1) is 8.63. The Labute approximate surface area is 105 Å². The van der Waals surface area contributed by atoms with Gasteiger partial charge in [-0.2, -0.15) is 5.10 Å². The van der Waals surface area contributed by atoms with Crippen LogP contribution in [0.4, 0.5) is 11.5 Å². The van der Waals surface area contributed by atoms with Crippen LogP contribution >= 0.6 is 0 Å². The largest absolute Gasteiger partial charge is 0.394 e. The molecule has 0 radical (unpaired) electrons. The zero-order chi connectivity index (χ0) is 13.1. The molecule has 0 spiro atoms. The number of aromatic nitrogens is 2. The van der Waals surface area contributed by atoms with Gasteiger partial charge in [0.05, 0.1) is 11.4 Å². The van der Waals surface area contributed by atoms with Gasteiger partial charge in [-0.15, -0.1) is 0 Å². The maximum atomic E-state index is 12.1. The van der Waals surface area contributed by atoms with Gasteiger partial charge in [-0.1, -0.05) is 25.1 Å². The second-order valence-electron chi connectivity index (χ2n) is 4.08. The normalized spacial score (nSPS) is 10.3. The summed E-state index contributed by atoms with van der Waals surface area (Å²) in [4.78, 5) is 12.1. The van der Waals surface area contributed by atoms with Gasteiger partial charge in [0.15, 0.2) is 5.82 Å². The first-order valence-corrected chi connectivity index (χ1v) is 5.83. The highest BCUT2D eigenvalue weighted by molar-refractivity contribution is 6.06. The molecule has 0 unspecified atom stereocenters. The Morgan fingerprint density at radius 3 is 2.78 bits per heavy atom. The monoisotopic (exact) mass is 244 g/mol. The molecular weight excluding hydrogens is 228 g/mol. The third-order valence-electron chi connectivity index (χ3n) is 2.87. The van der Waals surface area contributed by atoms with Crippen LogP contribution in [0.25, 0.3) is 0 Å². The Bertz CT molecular complexity index is 574. The molecular formula is C13H16N4O. The summed E-state index contributed by atoms with van der Waals surface area (Å²) in [7, 11) is 0. The fraction of sp³-hybridized carbons (Fsp3) is 0.231.